The van der Waals surface area contributed by atoms with Crippen LogP contribution in [0.4, 0.5) is 5.69 Å². The van der Waals surface area contributed by atoms with Gasteiger partial charge in [0.15, 0.2) is 6.61 Å². The summed E-state index contributed by atoms with van der Waals surface area (Å²) >= 11 is 0. The molecular weight excluding hydrogens is 326 g/mol. The first-order valence-electron chi connectivity index (χ1n) is 9.20. The van der Waals surface area contributed by atoms with E-state index in [0.29, 0.717) is 18.4 Å². The minimum absolute atomic E-state index is 0.0175. The molecule has 2 aromatic carbocycles. The molecule has 0 aliphatic carbocycles. The number of rotatable bonds is 9. The maximum Gasteiger partial charge on any atom is 0.262 e. The third-order valence-corrected chi connectivity index (χ3v) is 4.00. The Morgan fingerprint density at radius 2 is 1.65 bits per heavy atom. The van der Waals surface area contributed by atoms with Crippen molar-refractivity contribution in [2.24, 2.45) is 5.92 Å². The number of carbonyl (C=O) groups is 1. The molecule has 2 rings (SSSR count). The van der Waals surface area contributed by atoms with Crippen molar-refractivity contribution in [2.45, 2.75) is 40.0 Å². The smallest absolute Gasteiger partial charge is 0.262 e. The summed E-state index contributed by atoms with van der Waals surface area (Å²) in [5, 5.41) is 2.84. The highest BCUT2D eigenvalue weighted by molar-refractivity contribution is 5.91. The monoisotopic (exact) mass is 355 g/mol. The van der Waals surface area contributed by atoms with Crippen molar-refractivity contribution in [3.05, 3.63) is 54.1 Å². The maximum atomic E-state index is 12.1. The summed E-state index contributed by atoms with van der Waals surface area (Å²) < 4.78 is 11.4. The molecule has 0 fully saturated rings. The van der Waals surface area contributed by atoms with Crippen molar-refractivity contribution < 1.29 is 14.3 Å². The van der Waals surface area contributed by atoms with Gasteiger partial charge in [0.2, 0.25) is 0 Å². The molecule has 0 atom stereocenters. The molecule has 4 heteroatoms. The van der Waals surface area contributed by atoms with Crippen LogP contribution in [0, 0.1) is 5.92 Å². The molecule has 26 heavy (non-hydrogen) atoms. The first-order chi connectivity index (χ1) is 12.5. The summed E-state index contributed by atoms with van der Waals surface area (Å²) in [6, 6.07) is 15.2. The van der Waals surface area contributed by atoms with E-state index in [-0.39, 0.29) is 12.5 Å². The highest BCUT2D eigenvalue weighted by Crippen LogP contribution is 2.25. The van der Waals surface area contributed by atoms with Crippen molar-refractivity contribution >= 4 is 11.6 Å². The highest BCUT2D eigenvalue weighted by atomic mass is 16.5. The van der Waals surface area contributed by atoms with Gasteiger partial charge in [-0.3, -0.25) is 4.79 Å². The van der Waals surface area contributed by atoms with Crippen molar-refractivity contribution in [3.8, 4) is 11.5 Å². The van der Waals surface area contributed by atoms with Gasteiger partial charge in [-0.1, -0.05) is 45.9 Å². The lowest BCUT2D eigenvalue weighted by atomic mass is 10.0. The summed E-state index contributed by atoms with van der Waals surface area (Å²) in [6.07, 6.45) is 1.02. The van der Waals surface area contributed by atoms with E-state index < -0.39 is 0 Å². The molecule has 1 amide bonds. The number of ether oxygens (including phenoxy) is 2. The number of hydrogen-bond acceptors (Lipinski definition) is 3. The first-order valence-corrected chi connectivity index (χ1v) is 9.20. The molecule has 0 saturated carbocycles. The Labute approximate surface area is 156 Å². The van der Waals surface area contributed by atoms with Gasteiger partial charge in [-0.2, -0.15) is 0 Å². The molecule has 4 nitrogen and oxygen atoms in total. The van der Waals surface area contributed by atoms with Gasteiger partial charge >= 0.3 is 0 Å². The molecule has 0 spiro atoms. The minimum atomic E-state index is -0.183. The van der Waals surface area contributed by atoms with Gasteiger partial charge in [-0.05, 0) is 54.2 Å². The molecule has 1 N–H and O–H groups in total. The summed E-state index contributed by atoms with van der Waals surface area (Å²) in [7, 11) is 0. The Hall–Kier alpha value is -2.49. The van der Waals surface area contributed by atoms with E-state index in [1.165, 1.54) is 0 Å². The van der Waals surface area contributed by atoms with E-state index in [9.17, 15) is 4.79 Å². The van der Waals surface area contributed by atoms with Gasteiger partial charge in [0.25, 0.3) is 5.91 Å². The second-order valence-corrected chi connectivity index (χ2v) is 7.08. The van der Waals surface area contributed by atoms with Crippen LogP contribution >= 0.6 is 0 Å². The molecule has 0 heterocycles. The topological polar surface area (TPSA) is 47.6 Å². The Morgan fingerprint density at radius 1 is 0.962 bits per heavy atom. The van der Waals surface area contributed by atoms with Crippen LogP contribution in [-0.4, -0.2) is 19.1 Å². The van der Waals surface area contributed by atoms with Crippen LogP contribution in [0.3, 0.4) is 0 Å². The van der Waals surface area contributed by atoms with Crippen molar-refractivity contribution in [2.75, 3.05) is 18.5 Å². The molecular formula is C22H29NO3. The molecule has 140 valence electrons. The van der Waals surface area contributed by atoms with E-state index in [4.69, 9.17) is 9.47 Å². The zero-order valence-corrected chi connectivity index (χ0v) is 16.1. The number of hydrogen-bond donors (Lipinski definition) is 1. The Balaban J connectivity index is 1.83. The van der Waals surface area contributed by atoms with Crippen molar-refractivity contribution in [1.82, 2.24) is 0 Å². The third-order valence-electron chi connectivity index (χ3n) is 4.00. The maximum absolute atomic E-state index is 12.1. The number of amides is 1. The quantitative estimate of drug-likeness (QED) is 0.668. The molecule has 0 saturated heterocycles. The predicted molar refractivity (Wildman–Crippen MR) is 106 cm³/mol. The molecule has 0 radical (unpaired) electrons. The van der Waals surface area contributed by atoms with Gasteiger partial charge in [0.05, 0.1) is 6.61 Å². The largest absolute Gasteiger partial charge is 0.494 e. The van der Waals surface area contributed by atoms with Crippen LogP contribution in [0.1, 0.15) is 45.6 Å². The second-order valence-electron chi connectivity index (χ2n) is 7.08. The number of para-hydroxylation sites is 1. The van der Waals surface area contributed by atoms with E-state index in [2.05, 4.69) is 33.0 Å². The van der Waals surface area contributed by atoms with Crippen molar-refractivity contribution in [3.63, 3.8) is 0 Å². The highest BCUT2D eigenvalue weighted by Gasteiger charge is 2.09. The molecule has 0 bridgehead atoms. The second kappa shape index (κ2) is 9.85. The van der Waals surface area contributed by atoms with Crippen LogP contribution < -0.4 is 14.8 Å². The fourth-order valence-electron chi connectivity index (χ4n) is 2.48. The van der Waals surface area contributed by atoms with Gasteiger partial charge < -0.3 is 14.8 Å². The van der Waals surface area contributed by atoms with E-state index in [1.54, 1.807) is 0 Å². The molecule has 0 aliphatic rings. The Morgan fingerprint density at radius 3 is 2.31 bits per heavy atom. The average molecular weight is 355 g/mol. The zero-order valence-electron chi connectivity index (χ0n) is 16.1. The summed E-state index contributed by atoms with van der Waals surface area (Å²) in [6.45, 7) is 9.23. The van der Waals surface area contributed by atoms with E-state index >= 15 is 0 Å². The van der Waals surface area contributed by atoms with Gasteiger partial charge in [0.1, 0.15) is 11.5 Å². The van der Waals surface area contributed by atoms with Gasteiger partial charge in [-0.15, -0.1) is 0 Å². The molecule has 0 aromatic heterocycles. The number of carbonyl (C=O) groups excluding carboxylic acids is 1. The summed E-state index contributed by atoms with van der Waals surface area (Å²) in [4.78, 5) is 12.1. The third kappa shape index (κ3) is 6.43. The van der Waals surface area contributed by atoms with E-state index in [1.807, 2.05) is 48.5 Å². The lowest BCUT2D eigenvalue weighted by Gasteiger charge is -2.14. The zero-order chi connectivity index (χ0) is 18.9. The Kier molecular flexibility index (Phi) is 7.52. The number of anilines is 1. The summed E-state index contributed by atoms with van der Waals surface area (Å²) in [5.74, 6) is 2.35. The lowest BCUT2D eigenvalue weighted by Crippen LogP contribution is -2.20. The Bertz CT molecular complexity index is 693. The number of benzene rings is 2. The van der Waals surface area contributed by atoms with Crippen LogP contribution in [0.15, 0.2) is 48.5 Å². The standard InChI is InChI=1S/C22H29NO3/c1-16(2)13-14-25-19-11-9-18(10-12-19)23-22(24)15-26-21-8-6-5-7-20(21)17(3)4/h5-12,16-17H,13-15H2,1-4H3,(H,23,24). The fraction of sp³-hybridized carbons (Fsp3) is 0.409. The van der Waals surface area contributed by atoms with Crippen molar-refractivity contribution in [1.29, 1.82) is 0 Å². The molecule has 2 aromatic rings. The molecule has 0 unspecified atom stereocenters. The van der Waals surface area contributed by atoms with Gasteiger partial charge in [-0.25, -0.2) is 0 Å². The predicted octanol–water partition coefficient (Wildman–Crippen LogP) is 5.25. The molecule has 0 aliphatic heterocycles. The van der Waals surface area contributed by atoms with Crippen LogP contribution in [0.2, 0.25) is 0 Å². The summed E-state index contributed by atoms with van der Waals surface area (Å²) in [5.41, 5.74) is 1.83. The van der Waals surface area contributed by atoms with Crippen LogP contribution in [0.25, 0.3) is 0 Å². The normalized spacial score (nSPS) is 10.8. The SMILES string of the molecule is CC(C)CCOc1ccc(NC(=O)COc2ccccc2C(C)C)cc1. The van der Waals surface area contributed by atoms with Crippen LogP contribution in [-0.2, 0) is 4.79 Å². The lowest BCUT2D eigenvalue weighted by molar-refractivity contribution is -0.118. The minimum Gasteiger partial charge on any atom is -0.494 e. The first kappa shape index (κ1) is 19.8. The average Bonchev–Trinajstić information content (AvgIpc) is 2.61. The van der Waals surface area contributed by atoms with E-state index in [0.717, 1.165) is 29.2 Å². The number of nitrogens with one attached hydrogen (secondary N) is 1. The van der Waals surface area contributed by atoms with Gasteiger partial charge in [0, 0.05) is 5.69 Å². The van der Waals surface area contributed by atoms with Crippen LogP contribution in [0.5, 0.6) is 11.5 Å². The fourth-order valence-corrected chi connectivity index (χ4v) is 2.48.